The smallest absolute Gasteiger partial charge is 0.123 e. The van der Waals surface area contributed by atoms with E-state index in [1.807, 2.05) is 6.07 Å². The Morgan fingerprint density at radius 2 is 1.64 bits per heavy atom. The summed E-state index contributed by atoms with van der Waals surface area (Å²) in [4.78, 5) is 0. The first-order valence-electron chi connectivity index (χ1n) is 8.95. The minimum atomic E-state index is -0.146. The topological polar surface area (TPSA) is 0 Å². The Kier molecular flexibility index (Phi) is 5.12. The molecule has 0 amide bonds. The molecule has 22 heavy (non-hydrogen) atoms. The summed E-state index contributed by atoms with van der Waals surface area (Å²) < 4.78 is 13.3. The maximum absolute atomic E-state index is 13.3. The number of hydrogen-bond acceptors (Lipinski definition) is 0. The van der Waals surface area contributed by atoms with Gasteiger partial charge in [0.2, 0.25) is 0 Å². The van der Waals surface area contributed by atoms with E-state index in [1.54, 1.807) is 12.1 Å². The van der Waals surface area contributed by atoms with Crippen LogP contribution in [0.2, 0.25) is 0 Å². The summed E-state index contributed by atoms with van der Waals surface area (Å²) >= 11 is 0. The van der Waals surface area contributed by atoms with Crippen molar-refractivity contribution in [2.45, 2.75) is 64.2 Å². The van der Waals surface area contributed by atoms with Crippen molar-refractivity contribution in [1.29, 1.82) is 0 Å². The van der Waals surface area contributed by atoms with Gasteiger partial charge in [-0.15, -0.1) is 0 Å². The summed E-state index contributed by atoms with van der Waals surface area (Å²) in [5.41, 5.74) is 1.45. The minimum absolute atomic E-state index is 0.146. The lowest BCUT2D eigenvalue weighted by molar-refractivity contribution is 0.303. The van der Waals surface area contributed by atoms with E-state index in [1.165, 1.54) is 62.3 Å². The van der Waals surface area contributed by atoms with Crippen molar-refractivity contribution in [1.82, 2.24) is 0 Å². The normalized spacial score (nSPS) is 22.1. The van der Waals surface area contributed by atoms with Gasteiger partial charge < -0.3 is 0 Å². The highest BCUT2D eigenvalue weighted by Crippen LogP contribution is 2.38. The first-order valence-corrected chi connectivity index (χ1v) is 8.95. The van der Waals surface area contributed by atoms with Crippen LogP contribution < -0.4 is 0 Å². The van der Waals surface area contributed by atoms with E-state index in [-0.39, 0.29) is 5.82 Å². The molecule has 0 aliphatic heterocycles. The Morgan fingerprint density at radius 3 is 2.41 bits per heavy atom. The second-order valence-corrected chi connectivity index (χ2v) is 6.96. The van der Waals surface area contributed by atoms with Crippen LogP contribution in [0, 0.1) is 11.7 Å². The molecule has 2 aromatic rings. The number of rotatable bonds is 5. The molecule has 118 valence electrons. The average Bonchev–Trinajstić information content (AvgIpc) is 2.55. The van der Waals surface area contributed by atoms with Crippen LogP contribution in [0.1, 0.15) is 69.8 Å². The predicted octanol–water partition coefficient (Wildman–Crippen LogP) is 6.83. The molecule has 0 unspecified atom stereocenters. The largest absolute Gasteiger partial charge is 0.207 e. The van der Waals surface area contributed by atoms with Gasteiger partial charge in [-0.25, -0.2) is 4.39 Å². The molecule has 2 aromatic carbocycles. The molecule has 0 N–H and O–H groups in total. The van der Waals surface area contributed by atoms with Crippen molar-refractivity contribution in [3.05, 3.63) is 47.8 Å². The molecule has 3 rings (SSSR count). The number of benzene rings is 2. The molecular weight excluding hydrogens is 271 g/mol. The third-order valence-corrected chi connectivity index (χ3v) is 5.36. The Hall–Kier alpha value is -1.37. The van der Waals surface area contributed by atoms with E-state index in [9.17, 15) is 4.39 Å². The summed E-state index contributed by atoms with van der Waals surface area (Å²) in [5, 5.41) is 2.18. The van der Waals surface area contributed by atoms with Crippen LogP contribution in [0.3, 0.4) is 0 Å². The van der Waals surface area contributed by atoms with Gasteiger partial charge >= 0.3 is 0 Å². The lowest BCUT2D eigenvalue weighted by Crippen LogP contribution is -2.13. The minimum Gasteiger partial charge on any atom is -0.207 e. The third-order valence-electron chi connectivity index (χ3n) is 5.36. The maximum Gasteiger partial charge on any atom is 0.123 e. The number of hydrogen-bond donors (Lipinski definition) is 0. The number of halogens is 1. The third kappa shape index (κ3) is 3.69. The molecular formula is C21H27F. The zero-order chi connectivity index (χ0) is 15.4. The van der Waals surface area contributed by atoms with Gasteiger partial charge in [0.15, 0.2) is 0 Å². The van der Waals surface area contributed by atoms with Crippen LogP contribution in [0.25, 0.3) is 10.8 Å². The van der Waals surface area contributed by atoms with Crippen LogP contribution >= 0.6 is 0 Å². The summed E-state index contributed by atoms with van der Waals surface area (Å²) in [6.07, 6.45) is 11.0. The van der Waals surface area contributed by atoms with Gasteiger partial charge in [0.05, 0.1) is 0 Å². The molecule has 0 spiro atoms. The van der Waals surface area contributed by atoms with Crippen molar-refractivity contribution >= 4 is 10.8 Å². The second-order valence-electron chi connectivity index (χ2n) is 6.96. The highest BCUT2D eigenvalue weighted by molar-refractivity contribution is 5.83. The second kappa shape index (κ2) is 7.26. The van der Waals surface area contributed by atoms with Gasteiger partial charge in [-0.05, 0) is 66.0 Å². The molecule has 0 aromatic heterocycles. The lowest BCUT2D eigenvalue weighted by Gasteiger charge is -2.29. The lowest BCUT2D eigenvalue weighted by atomic mass is 9.77. The molecule has 1 heteroatoms. The van der Waals surface area contributed by atoms with E-state index < -0.39 is 0 Å². The Bertz CT molecular complexity index is 608. The van der Waals surface area contributed by atoms with E-state index in [0.29, 0.717) is 5.92 Å². The fourth-order valence-corrected chi connectivity index (χ4v) is 3.96. The maximum atomic E-state index is 13.3. The zero-order valence-electron chi connectivity index (χ0n) is 13.7. The zero-order valence-corrected chi connectivity index (χ0v) is 13.7. The molecule has 0 atom stereocenters. The van der Waals surface area contributed by atoms with Gasteiger partial charge in [-0.3, -0.25) is 0 Å². The Morgan fingerprint density at radius 1 is 0.909 bits per heavy atom. The fourth-order valence-electron chi connectivity index (χ4n) is 3.96. The highest BCUT2D eigenvalue weighted by Gasteiger charge is 2.22. The molecule has 0 bridgehead atoms. The Balaban J connectivity index is 1.62. The van der Waals surface area contributed by atoms with Crippen molar-refractivity contribution in [3.8, 4) is 0 Å². The number of unbranched alkanes of at least 4 members (excludes halogenated alkanes) is 2. The van der Waals surface area contributed by atoms with Gasteiger partial charge in [0.25, 0.3) is 0 Å². The van der Waals surface area contributed by atoms with Crippen LogP contribution in [0.15, 0.2) is 36.4 Å². The predicted molar refractivity (Wildman–Crippen MR) is 92.7 cm³/mol. The van der Waals surface area contributed by atoms with Crippen molar-refractivity contribution in [3.63, 3.8) is 0 Å². The SMILES string of the molecule is CCCCCC1CCC(c2ccc3cc(F)ccc3c2)CC1. The van der Waals surface area contributed by atoms with Gasteiger partial charge in [0.1, 0.15) is 5.82 Å². The van der Waals surface area contributed by atoms with E-state index >= 15 is 0 Å². The first-order chi connectivity index (χ1) is 10.8. The van der Waals surface area contributed by atoms with Crippen LogP contribution in [0.4, 0.5) is 4.39 Å². The molecule has 1 aliphatic rings. The van der Waals surface area contributed by atoms with Crippen LogP contribution in [-0.4, -0.2) is 0 Å². The summed E-state index contributed by atoms with van der Waals surface area (Å²) in [7, 11) is 0. The molecule has 0 nitrogen and oxygen atoms in total. The van der Waals surface area contributed by atoms with Gasteiger partial charge in [-0.2, -0.15) is 0 Å². The number of fused-ring (bicyclic) bond motifs is 1. The standard InChI is InChI=1S/C21H27F/c1-2-3-4-5-16-6-8-17(9-7-16)18-10-11-20-15-21(22)13-12-19(20)14-18/h10-17H,2-9H2,1H3. The molecule has 0 heterocycles. The van der Waals surface area contributed by atoms with Crippen molar-refractivity contribution in [2.24, 2.45) is 5.92 Å². The summed E-state index contributed by atoms with van der Waals surface area (Å²) in [6, 6.07) is 11.7. The van der Waals surface area contributed by atoms with Crippen LogP contribution in [-0.2, 0) is 0 Å². The summed E-state index contributed by atoms with van der Waals surface area (Å²) in [5.74, 6) is 1.52. The monoisotopic (exact) mass is 298 g/mol. The van der Waals surface area contributed by atoms with Crippen molar-refractivity contribution in [2.75, 3.05) is 0 Å². The molecule has 1 aliphatic carbocycles. The van der Waals surface area contributed by atoms with E-state index in [2.05, 4.69) is 25.1 Å². The fraction of sp³-hybridized carbons (Fsp3) is 0.524. The first kappa shape index (κ1) is 15.5. The highest BCUT2D eigenvalue weighted by atomic mass is 19.1. The van der Waals surface area contributed by atoms with Crippen LogP contribution in [0.5, 0.6) is 0 Å². The van der Waals surface area contributed by atoms with E-state index in [0.717, 1.165) is 11.3 Å². The van der Waals surface area contributed by atoms with Gasteiger partial charge in [-0.1, -0.05) is 56.9 Å². The van der Waals surface area contributed by atoms with Crippen molar-refractivity contribution < 1.29 is 4.39 Å². The molecule has 1 fully saturated rings. The average molecular weight is 298 g/mol. The molecule has 1 saturated carbocycles. The van der Waals surface area contributed by atoms with E-state index in [4.69, 9.17) is 0 Å². The molecule has 0 saturated heterocycles. The Labute approximate surface area is 133 Å². The molecule has 0 radical (unpaired) electrons. The van der Waals surface area contributed by atoms with Gasteiger partial charge in [0, 0.05) is 0 Å². The summed E-state index contributed by atoms with van der Waals surface area (Å²) in [6.45, 7) is 2.28. The quantitative estimate of drug-likeness (QED) is 0.530.